The minimum absolute atomic E-state index is 0.173. The molecule has 5 aromatic carbocycles. The summed E-state index contributed by atoms with van der Waals surface area (Å²) >= 11 is 0. The van der Waals surface area contributed by atoms with Gasteiger partial charge in [0.1, 0.15) is 0 Å². The molecule has 0 saturated heterocycles. The number of hydrogen-bond donors (Lipinski definition) is 0. The van der Waals surface area contributed by atoms with Crippen LogP contribution in [0.3, 0.4) is 0 Å². The molecule has 5 aromatic rings. The molecule has 0 aromatic heterocycles. The zero-order valence-corrected chi connectivity index (χ0v) is 26.2. The molecule has 2 heteroatoms. The van der Waals surface area contributed by atoms with Crippen molar-refractivity contribution in [3.8, 4) is 0 Å². The van der Waals surface area contributed by atoms with Crippen LogP contribution >= 0.6 is 0 Å². The minimum Gasteiger partial charge on any atom is -0.397 e. The van der Waals surface area contributed by atoms with Crippen molar-refractivity contribution in [2.24, 2.45) is 5.92 Å². The third kappa shape index (κ3) is 7.59. The topological polar surface area (TPSA) is 9.23 Å². The van der Waals surface area contributed by atoms with Gasteiger partial charge in [0.2, 0.25) is 0 Å². The summed E-state index contributed by atoms with van der Waals surface area (Å²) in [6.45, 7) is 11.1. The Morgan fingerprint density at radius 3 is 1.40 bits per heavy atom. The van der Waals surface area contributed by atoms with Crippen molar-refractivity contribution in [3.05, 3.63) is 187 Å². The Hall–Kier alpha value is -4.24. The molecule has 0 aliphatic carbocycles. The molecule has 0 aliphatic heterocycles. The average molecular weight is 579 g/mol. The van der Waals surface area contributed by atoms with Gasteiger partial charge in [0.15, 0.2) is 0 Å². The molecule has 0 N–H and O–H groups in total. The molecular formula is C41H42OSi. The van der Waals surface area contributed by atoms with Crippen molar-refractivity contribution in [3.63, 3.8) is 0 Å². The van der Waals surface area contributed by atoms with Crippen LogP contribution in [-0.4, -0.2) is 14.4 Å². The molecule has 0 radical (unpaired) electrons. The molecule has 43 heavy (non-hydrogen) atoms. The van der Waals surface area contributed by atoms with Gasteiger partial charge in [0.25, 0.3) is 8.32 Å². The van der Waals surface area contributed by atoms with Gasteiger partial charge in [-0.1, -0.05) is 170 Å². The quantitative estimate of drug-likeness (QED) is 0.0736. The van der Waals surface area contributed by atoms with E-state index in [4.69, 9.17) is 11.0 Å². The Balaban J connectivity index is 1.67. The molecule has 0 heterocycles. The smallest absolute Gasteiger partial charge is 0.288 e. The number of allylic oxidation sites excluding steroid dienone is 1. The Morgan fingerprint density at radius 2 is 0.977 bits per heavy atom. The van der Waals surface area contributed by atoms with Gasteiger partial charge in [-0.25, -0.2) is 0 Å². The van der Waals surface area contributed by atoms with E-state index < -0.39 is 8.32 Å². The highest BCUT2D eigenvalue weighted by atomic mass is 28.4. The second-order valence-corrected chi connectivity index (χ2v) is 14.9. The second-order valence-electron chi connectivity index (χ2n) is 11.6. The molecule has 0 aliphatic rings. The van der Waals surface area contributed by atoms with E-state index in [1.807, 2.05) is 0 Å². The Bertz CT molecular complexity index is 1470. The van der Waals surface area contributed by atoms with Crippen molar-refractivity contribution in [2.75, 3.05) is 0 Å². The predicted molar refractivity (Wildman–Crippen MR) is 186 cm³/mol. The lowest BCUT2D eigenvalue weighted by Gasteiger charge is -2.40. The van der Waals surface area contributed by atoms with Gasteiger partial charge >= 0.3 is 0 Å². The monoisotopic (exact) mass is 578 g/mol. The van der Waals surface area contributed by atoms with Crippen molar-refractivity contribution in [1.82, 2.24) is 0 Å². The maximum absolute atomic E-state index is 7.88. The van der Waals surface area contributed by atoms with Gasteiger partial charge in [0, 0.05) is 0 Å². The predicted octanol–water partition coefficient (Wildman–Crippen LogP) is 8.05. The second kappa shape index (κ2) is 14.8. The van der Waals surface area contributed by atoms with Gasteiger partial charge in [-0.2, -0.15) is 0 Å². The zero-order chi connectivity index (χ0) is 29.9. The highest BCUT2D eigenvalue weighted by Gasteiger charge is 2.45. The average Bonchev–Trinajstić information content (AvgIpc) is 3.06. The fourth-order valence-corrected chi connectivity index (χ4v) is 10.3. The summed E-state index contributed by atoms with van der Waals surface area (Å²) in [5, 5.41) is 3.71. The van der Waals surface area contributed by atoms with E-state index in [0.29, 0.717) is 0 Å². The molecule has 0 amide bonds. The van der Waals surface area contributed by atoms with E-state index in [1.165, 1.54) is 26.7 Å². The molecule has 5 rings (SSSR count). The molecule has 0 spiro atoms. The molecule has 2 unspecified atom stereocenters. The van der Waals surface area contributed by atoms with Gasteiger partial charge in [-0.3, -0.25) is 0 Å². The van der Waals surface area contributed by atoms with Crippen LogP contribution in [0.5, 0.6) is 0 Å². The van der Waals surface area contributed by atoms with E-state index >= 15 is 0 Å². The largest absolute Gasteiger partial charge is 0.397 e. The first-order valence-corrected chi connectivity index (χ1v) is 17.2. The molecule has 0 fully saturated rings. The number of hydrogen-bond acceptors (Lipinski definition) is 1. The van der Waals surface area contributed by atoms with Crippen LogP contribution in [0.15, 0.2) is 176 Å². The van der Waals surface area contributed by atoms with Crippen molar-refractivity contribution in [2.45, 2.75) is 38.7 Å². The highest BCUT2D eigenvalue weighted by molar-refractivity contribution is 7.07. The van der Waals surface area contributed by atoms with Gasteiger partial charge < -0.3 is 4.43 Å². The van der Waals surface area contributed by atoms with Crippen molar-refractivity contribution >= 4 is 23.9 Å². The van der Waals surface area contributed by atoms with E-state index in [1.54, 1.807) is 0 Å². The summed E-state index contributed by atoms with van der Waals surface area (Å²) in [4.78, 5) is 0. The van der Waals surface area contributed by atoms with E-state index in [-0.39, 0.29) is 12.0 Å². The molecule has 2 atom stereocenters. The lowest BCUT2D eigenvalue weighted by molar-refractivity contribution is 0.157. The maximum Gasteiger partial charge on any atom is 0.288 e. The molecule has 0 saturated carbocycles. The van der Waals surface area contributed by atoms with E-state index in [9.17, 15) is 0 Å². The number of rotatable bonds is 14. The summed E-state index contributed by atoms with van der Waals surface area (Å²) in [5.41, 5.74) is 4.87. The van der Waals surface area contributed by atoms with Crippen LogP contribution in [0.4, 0.5) is 0 Å². The summed E-state index contributed by atoms with van der Waals surface area (Å²) in [7, 11) is -2.98. The molecular weight excluding hydrogens is 537 g/mol. The van der Waals surface area contributed by atoms with Crippen molar-refractivity contribution in [1.29, 1.82) is 0 Å². The SMILES string of the molecule is C=C(C)CC(=C)C(O[Si](c1ccccc1)(c1ccccc1)c1ccccc1)C(CCc1ccccc1)Cc1ccccc1. The van der Waals surface area contributed by atoms with Crippen LogP contribution < -0.4 is 15.6 Å². The summed E-state index contributed by atoms with van der Waals surface area (Å²) < 4.78 is 7.88. The number of aryl methyl sites for hydroxylation is 1. The van der Waals surface area contributed by atoms with Crippen LogP contribution in [0.1, 0.15) is 30.9 Å². The Morgan fingerprint density at radius 1 is 0.581 bits per heavy atom. The molecule has 1 nitrogen and oxygen atoms in total. The summed E-state index contributed by atoms with van der Waals surface area (Å²) in [6.07, 6.45) is 3.45. The fraction of sp³-hybridized carbons (Fsp3) is 0.171. The van der Waals surface area contributed by atoms with Gasteiger partial charge in [-0.05, 0) is 70.8 Å². The van der Waals surface area contributed by atoms with Gasteiger partial charge in [-0.15, -0.1) is 0 Å². The lowest BCUT2D eigenvalue weighted by atomic mass is 9.84. The van der Waals surface area contributed by atoms with Gasteiger partial charge in [0.05, 0.1) is 6.10 Å². The zero-order valence-electron chi connectivity index (χ0n) is 25.2. The minimum atomic E-state index is -2.98. The van der Waals surface area contributed by atoms with Crippen molar-refractivity contribution < 1.29 is 4.43 Å². The Kier molecular flexibility index (Phi) is 10.4. The van der Waals surface area contributed by atoms with Crippen LogP contribution in [0, 0.1) is 5.92 Å². The maximum atomic E-state index is 7.88. The molecule has 216 valence electrons. The third-order valence-electron chi connectivity index (χ3n) is 8.19. The fourth-order valence-electron chi connectivity index (χ4n) is 6.19. The number of benzene rings is 5. The summed E-state index contributed by atoms with van der Waals surface area (Å²) in [5.74, 6) is 0.220. The Labute approximate surface area is 259 Å². The third-order valence-corrected chi connectivity index (χ3v) is 12.2. The van der Waals surface area contributed by atoms with E-state index in [2.05, 4.69) is 165 Å². The normalized spacial score (nSPS) is 12.8. The first-order chi connectivity index (χ1) is 21.1. The first kappa shape index (κ1) is 30.2. The van der Waals surface area contributed by atoms with Crippen LogP contribution in [-0.2, 0) is 17.3 Å². The highest BCUT2D eigenvalue weighted by Crippen LogP contribution is 2.31. The van der Waals surface area contributed by atoms with Crippen LogP contribution in [0.25, 0.3) is 0 Å². The summed E-state index contributed by atoms with van der Waals surface area (Å²) in [6, 6.07) is 54.3. The lowest BCUT2D eigenvalue weighted by Crippen LogP contribution is -2.71. The standard InChI is InChI=1S/C41H42OSi/c1-33(2)31-34(3)41(37(32-36-21-11-5-12-22-36)30-29-35-19-9-4-10-20-35)42-43(38-23-13-6-14-24-38,39-25-15-7-16-26-39)40-27-17-8-18-28-40/h4-28,37,41H,1,3,29-32H2,2H3. The van der Waals surface area contributed by atoms with Crippen LogP contribution in [0.2, 0.25) is 0 Å². The first-order valence-electron chi connectivity index (χ1n) is 15.3. The van der Waals surface area contributed by atoms with E-state index in [0.717, 1.165) is 36.8 Å². The molecule has 0 bridgehead atoms.